The molecule has 1 aromatic heterocycles. The number of nitrogens with zero attached hydrogens (tertiary/aromatic N) is 2. The molecule has 1 aliphatic rings. The summed E-state index contributed by atoms with van der Waals surface area (Å²) in [5, 5.41) is 3.70. The maximum atomic E-state index is 13.0. The summed E-state index contributed by atoms with van der Waals surface area (Å²) in [6.45, 7) is 3.26. The Kier molecular flexibility index (Phi) is 5.08. The first-order chi connectivity index (χ1) is 11.5. The number of anilines is 2. The van der Waals surface area contributed by atoms with Crippen molar-refractivity contribution >= 4 is 33.1 Å². The van der Waals surface area contributed by atoms with Crippen LogP contribution in [0.1, 0.15) is 19.8 Å². The van der Waals surface area contributed by atoms with Gasteiger partial charge < -0.3 is 5.32 Å². The van der Waals surface area contributed by atoms with Crippen molar-refractivity contribution in [3.8, 4) is 0 Å². The topological polar surface area (TPSA) is 62.3 Å². The molecule has 24 heavy (non-hydrogen) atoms. The number of rotatable bonds is 4. The Balaban J connectivity index is 1.89. The molecule has 0 saturated carbocycles. The highest BCUT2D eigenvalue weighted by Crippen LogP contribution is 2.28. The second-order valence-corrected chi connectivity index (χ2v) is 8.41. The van der Waals surface area contributed by atoms with E-state index in [9.17, 15) is 8.42 Å². The Morgan fingerprint density at radius 2 is 1.83 bits per heavy atom. The highest BCUT2D eigenvalue weighted by molar-refractivity contribution is 7.89. The summed E-state index contributed by atoms with van der Waals surface area (Å²) in [4.78, 5) is 4.43. The summed E-state index contributed by atoms with van der Waals surface area (Å²) in [5.41, 5.74) is 0.738. The molecule has 1 fully saturated rings. The van der Waals surface area contributed by atoms with Crippen LogP contribution in [-0.4, -0.2) is 30.8 Å². The van der Waals surface area contributed by atoms with Crippen molar-refractivity contribution in [3.05, 3.63) is 47.6 Å². The maximum Gasteiger partial charge on any atom is 0.246 e. The number of benzene rings is 1. The third-order valence-electron chi connectivity index (χ3n) is 4.24. The van der Waals surface area contributed by atoms with Gasteiger partial charge in [-0.05, 0) is 55.2 Å². The van der Waals surface area contributed by atoms with Crippen molar-refractivity contribution < 1.29 is 8.42 Å². The Hall–Kier alpha value is -1.63. The lowest BCUT2D eigenvalue weighted by Crippen LogP contribution is -2.38. The first-order valence-electron chi connectivity index (χ1n) is 7.94. The van der Waals surface area contributed by atoms with E-state index in [2.05, 4.69) is 17.2 Å². The van der Waals surface area contributed by atoms with Crippen LogP contribution in [0.5, 0.6) is 0 Å². The zero-order valence-corrected chi connectivity index (χ0v) is 15.0. The van der Waals surface area contributed by atoms with Gasteiger partial charge in [-0.1, -0.05) is 18.5 Å². The Morgan fingerprint density at radius 3 is 2.50 bits per heavy atom. The van der Waals surface area contributed by atoms with Crippen LogP contribution in [0.3, 0.4) is 0 Å². The Morgan fingerprint density at radius 1 is 1.17 bits per heavy atom. The summed E-state index contributed by atoms with van der Waals surface area (Å²) in [6, 6.07) is 10.3. The van der Waals surface area contributed by atoms with Gasteiger partial charge in [0.05, 0.1) is 0 Å². The average molecular weight is 366 g/mol. The number of nitrogens with one attached hydrogen (secondary N) is 1. The molecule has 1 N–H and O–H groups in total. The van der Waals surface area contributed by atoms with Crippen LogP contribution in [0, 0.1) is 5.92 Å². The summed E-state index contributed by atoms with van der Waals surface area (Å²) >= 11 is 5.89. The normalized spacial score (nSPS) is 16.9. The molecular weight excluding hydrogens is 346 g/mol. The molecule has 128 valence electrons. The Labute approximate surface area is 147 Å². The van der Waals surface area contributed by atoms with E-state index in [0.717, 1.165) is 18.5 Å². The van der Waals surface area contributed by atoms with Crippen molar-refractivity contribution in [3.63, 3.8) is 0 Å². The highest BCUT2D eigenvalue weighted by atomic mass is 35.5. The maximum absolute atomic E-state index is 13.0. The number of hydrogen-bond donors (Lipinski definition) is 1. The van der Waals surface area contributed by atoms with Crippen LogP contribution >= 0.6 is 11.6 Å². The molecule has 0 radical (unpaired) electrons. The zero-order chi connectivity index (χ0) is 17.2. The molecule has 0 amide bonds. The van der Waals surface area contributed by atoms with E-state index in [-0.39, 0.29) is 4.90 Å². The summed E-state index contributed by atoms with van der Waals surface area (Å²) in [5.74, 6) is 0.899. The number of sulfonamides is 1. The van der Waals surface area contributed by atoms with Gasteiger partial charge >= 0.3 is 0 Å². The van der Waals surface area contributed by atoms with Gasteiger partial charge in [0.25, 0.3) is 0 Å². The van der Waals surface area contributed by atoms with E-state index in [0.29, 0.717) is 29.8 Å². The molecule has 1 aromatic carbocycles. The third kappa shape index (κ3) is 3.71. The molecule has 1 saturated heterocycles. The van der Waals surface area contributed by atoms with E-state index in [1.54, 1.807) is 46.9 Å². The van der Waals surface area contributed by atoms with Crippen LogP contribution < -0.4 is 5.32 Å². The lowest BCUT2D eigenvalue weighted by Gasteiger charge is -2.29. The van der Waals surface area contributed by atoms with Gasteiger partial charge in [-0.3, -0.25) is 0 Å². The Bertz CT molecular complexity index is 801. The molecule has 7 heteroatoms. The molecule has 0 unspecified atom stereocenters. The lowest BCUT2D eigenvalue weighted by molar-refractivity contribution is 0.288. The van der Waals surface area contributed by atoms with Crippen LogP contribution in [-0.2, 0) is 10.0 Å². The highest BCUT2D eigenvalue weighted by Gasteiger charge is 2.30. The fourth-order valence-electron chi connectivity index (χ4n) is 2.73. The second-order valence-electron chi connectivity index (χ2n) is 6.07. The predicted octanol–water partition coefficient (Wildman–Crippen LogP) is 3.90. The van der Waals surface area contributed by atoms with Crippen LogP contribution in [0.2, 0.25) is 5.02 Å². The number of piperidine rings is 1. The molecule has 0 aliphatic carbocycles. The standard InChI is InChI=1S/C17H20ClN3O2S/c1-13-8-11-21(12-9-13)24(22,23)16-3-2-10-19-17(16)20-15-6-4-14(18)5-7-15/h2-7,10,13H,8-9,11-12H2,1H3,(H,19,20). The molecule has 0 spiro atoms. The minimum absolute atomic E-state index is 0.203. The summed E-state index contributed by atoms with van der Waals surface area (Å²) < 4.78 is 27.5. The van der Waals surface area contributed by atoms with Gasteiger partial charge in [0.15, 0.2) is 5.82 Å². The van der Waals surface area contributed by atoms with Gasteiger partial charge in [0, 0.05) is 30.0 Å². The van der Waals surface area contributed by atoms with Crippen molar-refractivity contribution in [2.24, 2.45) is 5.92 Å². The number of aromatic nitrogens is 1. The molecule has 1 aliphatic heterocycles. The molecule has 5 nitrogen and oxygen atoms in total. The summed E-state index contributed by atoms with van der Waals surface area (Å²) in [7, 11) is -3.56. The van der Waals surface area contributed by atoms with E-state index in [4.69, 9.17) is 11.6 Å². The minimum atomic E-state index is -3.56. The van der Waals surface area contributed by atoms with Crippen LogP contribution in [0.25, 0.3) is 0 Å². The zero-order valence-electron chi connectivity index (χ0n) is 13.4. The quantitative estimate of drug-likeness (QED) is 0.892. The fraction of sp³-hybridized carbons (Fsp3) is 0.353. The van der Waals surface area contributed by atoms with Crippen molar-refractivity contribution in [2.45, 2.75) is 24.7 Å². The smallest absolute Gasteiger partial charge is 0.246 e. The van der Waals surface area contributed by atoms with Crippen LogP contribution in [0.4, 0.5) is 11.5 Å². The van der Waals surface area contributed by atoms with E-state index in [1.165, 1.54) is 0 Å². The average Bonchev–Trinajstić information content (AvgIpc) is 2.58. The summed E-state index contributed by atoms with van der Waals surface area (Å²) in [6.07, 6.45) is 3.36. The van der Waals surface area contributed by atoms with E-state index >= 15 is 0 Å². The predicted molar refractivity (Wildman–Crippen MR) is 96.1 cm³/mol. The monoisotopic (exact) mass is 365 g/mol. The third-order valence-corrected chi connectivity index (χ3v) is 6.42. The first kappa shape index (κ1) is 17.2. The number of pyridine rings is 1. The molecule has 2 heterocycles. The van der Waals surface area contributed by atoms with Crippen molar-refractivity contribution in [1.29, 1.82) is 0 Å². The van der Waals surface area contributed by atoms with Gasteiger partial charge in [-0.15, -0.1) is 0 Å². The first-order valence-corrected chi connectivity index (χ1v) is 9.76. The molecular formula is C17H20ClN3O2S. The second kappa shape index (κ2) is 7.09. The van der Waals surface area contributed by atoms with Crippen molar-refractivity contribution in [1.82, 2.24) is 9.29 Å². The number of hydrogen-bond acceptors (Lipinski definition) is 4. The fourth-order valence-corrected chi connectivity index (χ4v) is 4.42. The lowest BCUT2D eigenvalue weighted by atomic mass is 10.0. The van der Waals surface area contributed by atoms with Crippen LogP contribution in [0.15, 0.2) is 47.5 Å². The van der Waals surface area contributed by atoms with Gasteiger partial charge in [0.2, 0.25) is 10.0 Å². The minimum Gasteiger partial charge on any atom is -0.339 e. The number of halogens is 1. The SMILES string of the molecule is CC1CCN(S(=O)(=O)c2cccnc2Nc2ccc(Cl)cc2)CC1. The van der Waals surface area contributed by atoms with Gasteiger partial charge in [-0.2, -0.15) is 4.31 Å². The largest absolute Gasteiger partial charge is 0.339 e. The molecule has 0 atom stereocenters. The molecule has 3 rings (SSSR count). The van der Waals surface area contributed by atoms with E-state index < -0.39 is 10.0 Å². The van der Waals surface area contributed by atoms with Gasteiger partial charge in [-0.25, -0.2) is 13.4 Å². The van der Waals surface area contributed by atoms with Crippen molar-refractivity contribution in [2.75, 3.05) is 18.4 Å². The molecule has 0 bridgehead atoms. The van der Waals surface area contributed by atoms with Gasteiger partial charge in [0.1, 0.15) is 4.90 Å². The molecule has 2 aromatic rings. The van der Waals surface area contributed by atoms with E-state index in [1.807, 2.05) is 0 Å².